The van der Waals surface area contributed by atoms with E-state index in [9.17, 15) is 5.11 Å². The first-order valence-electron chi connectivity index (χ1n) is 6.72. The number of aliphatic hydroxyl groups is 1. The summed E-state index contributed by atoms with van der Waals surface area (Å²) in [5.74, 6) is 0. The Balaban J connectivity index is 1.94. The molecule has 98 valence electrons. The number of benzene rings is 3. The van der Waals surface area contributed by atoms with Crippen molar-refractivity contribution in [3.63, 3.8) is 0 Å². The van der Waals surface area contributed by atoms with Crippen molar-refractivity contribution in [2.45, 2.75) is 6.61 Å². The molecule has 0 bridgehead atoms. The second kappa shape index (κ2) is 5.72. The zero-order chi connectivity index (χ0) is 13.8. The van der Waals surface area contributed by atoms with Crippen molar-refractivity contribution in [3.05, 3.63) is 83.4 Å². The summed E-state index contributed by atoms with van der Waals surface area (Å²) in [5.41, 5.74) is 3.17. The predicted octanol–water partition coefficient (Wildman–Crippen LogP) is 4.50. The Bertz CT molecular complexity index is 756. The minimum Gasteiger partial charge on any atom is -0.392 e. The van der Waals surface area contributed by atoms with Gasteiger partial charge in [0.1, 0.15) is 0 Å². The smallest absolute Gasteiger partial charge is 0.0687 e. The maximum Gasteiger partial charge on any atom is 0.0687 e. The monoisotopic (exact) mass is 260 g/mol. The first-order valence-corrected chi connectivity index (χ1v) is 6.72. The number of fused-ring (bicyclic) bond motifs is 1. The van der Waals surface area contributed by atoms with Crippen LogP contribution >= 0.6 is 0 Å². The molecule has 0 aromatic heterocycles. The van der Waals surface area contributed by atoms with Gasteiger partial charge in [0.05, 0.1) is 6.61 Å². The van der Waals surface area contributed by atoms with Crippen molar-refractivity contribution in [2.24, 2.45) is 0 Å². The van der Waals surface area contributed by atoms with Crippen LogP contribution in [0.4, 0.5) is 0 Å². The fourth-order valence-electron chi connectivity index (χ4n) is 2.34. The van der Waals surface area contributed by atoms with Gasteiger partial charge >= 0.3 is 0 Å². The average Bonchev–Trinajstić information content (AvgIpc) is 2.53. The lowest BCUT2D eigenvalue weighted by Gasteiger charge is -2.02. The molecule has 0 aliphatic carbocycles. The quantitative estimate of drug-likeness (QED) is 0.687. The number of aliphatic hydroxyl groups excluding tert-OH is 1. The van der Waals surface area contributed by atoms with Gasteiger partial charge in [0.15, 0.2) is 0 Å². The predicted molar refractivity (Wildman–Crippen MR) is 85.2 cm³/mol. The van der Waals surface area contributed by atoms with Gasteiger partial charge in [0.2, 0.25) is 0 Å². The first kappa shape index (κ1) is 12.6. The summed E-state index contributed by atoms with van der Waals surface area (Å²) in [6, 6.07) is 22.6. The zero-order valence-electron chi connectivity index (χ0n) is 11.2. The molecule has 0 radical (unpaired) electrons. The van der Waals surface area contributed by atoms with E-state index in [0.717, 1.165) is 16.7 Å². The fourth-order valence-corrected chi connectivity index (χ4v) is 2.34. The van der Waals surface area contributed by atoms with Gasteiger partial charge in [0, 0.05) is 0 Å². The Morgan fingerprint density at radius 3 is 2.35 bits per heavy atom. The van der Waals surface area contributed by atoms with Gasteiger partial charge < -0.3 is 5.11 Å². The standard InChI is InChI=1S/C19H16O/c20-14-19-8-4-2-6-17(19)12-10-15-9-11-16-5-1-3-7-18(16)13-15/h1-13,20H,14H2. The summed E-state index contributed by atoms with van der Waals surface area (Å²) in [7, 11) is 0. The van der Waals surface area contributed by atoms with Crippen LogP contribution in [0.15, 0.2) is 66.7 Å². The third kappa shape index (κ3) is 2.63. The summed E-state index contributed by atoms with van der Waals surface area (Å²) >= 11 is 0. The van der Waals surface area contributed by atoms with Crippen LogP contribution in [0.1, 0.15) is 16.7 Å². The van der Waals surface area contributed by atoms with Gasteiger partial charge in [0.25, 0.3) is 0 Å². The normalized spacial score (nSPS) is 11.2. The highest BCUT2D eigenvalue weighted by molar-refractivity contribution is 5.86. The summed E-state index contributed by atoms with van der Waals surface area (Å²) < 4.78 is 0. The molecule has 0 saturated carbocycles. The molecule has 1 heteroatoms. The molecule has 1 nitrogen and oxygen atoms in total. The van der Waals surface area contributed by atoms with Gasteiger partial charge in [-0.25, -0.2) is 0 Å². The van der Waals surface area contributed by atoms with Crippen LogP contribution in [0, 0.1) is 0 Å². The number of hydrogen-bond donors (Lipinski definition) is 1. The lowest BCUT2D eigenvalue weighted by molar-refractivity contribution is 0.281. The molecule has 0 heterocycles. The minimum absolute atomic E-state index is 0.0677. The van der Waals surface area contributed by atoms with Crippen molar-refractivity contribution >= 4 is 22.9 Å². The minimum atomic E-state index is 0.0677. The van der Waals surface area contributed by atoms with E-state index in [-0.39, 0.29) is 6.61 Å². The highest BCUT2D eigenvalue weighted by atomic mass is 16.3. The Labute approximate surface area is 118 Å². The lowest BCUT2D eigenvalue weighted by atomic mass is 10.0. The highest BCUT2D eigenvalue weighted by Gasteiger charge is 1.97. The van der Waals surface area contributed by atoms with Crippen molar-refractivity contribution in [1.82, 2.24) is 0 Å². The second-order valence-electron chi connectivity index (χ2n) is 4.80. The Kier molecular flexibility index (Phi) is 3.62. The van der Waals surface area contributed by atoms with E-state index < -0.39 is 0 Å². The van der Waals surface area contributed by atoms with E-state index in [4.69, 9.17) is 0 Å². The van der Waals surface area contributed by atoms with Crippen LogP contribution in [-0.4, -0.2) is 5.11 Å². The third-order valence-corrected chi connectivity index (χ3v) is 3.45. The lowest BCUT2D eigenvalue weighted by Crippen LogP contribution is -1.86. The second-order valence-corrected chi connectivity index (χ2v) is 4.80. The van der Waals surface area contributed by atoms with E-state index in [1.807, 2.05) is 24.3 Å². The van der Waals surface area contributed by atoms with Gasteiger partial charge in [-0.2, -0.15) is 0 Å². The molecule has 3 rings (SSSR count). The molecule has 0 saturated heterocycles. The highest BCUT2D eigenvalue weighted by Crippen LogP contribution is 2.18. The first-order chi connectivity index (χ1) is 9.86. The molecular formula is C19H16O. The Hall–Kier alpha value is -2.38. The van der Waals surface area contributed by atoms with Gasteiger partial charge in [-0.05, 0) is 33.5 Å². The molecule has 0 spiro atoms. The summed E-state index contributed by atoms with van der Waals surface area (Å²) in [4.78, 5) is 0. The maximum atomic E-state index is 9.32. The molecule has 0 aliphatic rings. The van der Waals surface area contributed by atoms with Crippen molar-refractivity contribution in [3.8, 4) is 0 Å². The molecular weight excluding hydrogens is 244 g/mol. The molecule has 0 aliphatic heterocycles. The SMILES string of the molecule is OCc1ccccc1C=Cc1ccc2ccccc2c1. The van der Waals surface area contributed by atoms with Crippen LogP contribution in [0.25, 0.3) is 22.9 Å². The third-order valence-electron chi connectivity index (χ3n) is 3.45. The number of hydrogen-bond acceptors (Lipinski definition) is 1. The van der Waals surface area contributed by atoms with E-state index >= 15 is 0 Å². The zero-order valence-corrected chi connectivity index (χ0v) is 11.2. The molecule has 20 heavy (non-hydrogen) atoms. The summed E-state index contributed by atoms with van der Waals surface area (Å²) in [6.07, 6.45) is 4.14. The topological polar surface area (TPSA) is 20.2 Å². The summed E-state index contributed by atoms with van der Waals surface area (Å²) in [5, 5.41) is 11.8. The van der Waals surface area contributed by atoms with Crippen LogP contribution < -0.4 is 0 Å². The van der Waals surface area contributed by atoms with Crippen molar-refractivity contribution in [2.75, 3.05) is 0 Å². The fraction of sp³-hybridized carbons (Fsp3) is 0.0526. The van der Waals surface area contributed by atoms with E-state index in [2.05, 4.69) is 54.6 Å². The number of rotatable bonds is 3. The van der Waals surface area contributed by atoms with Gasteiger partial charge in [-0.3, -0.25) is 0 Å². The molecule has 0 atom stereocenters. The van der Waals surface area contributed by atoms with E-state index in [0.29, 0.717) is 0 Å². The maximum absolute atomic E-state index is 9.32. The van der Waals surface area contributed by atoms with Crippen LogP contribution in [0.2, 0.25) is 0 Å². The molecule has 0 fully saturated rings. The van der Waals surface area contributed by atoms with E-state index in [1.54, 1.807) is 0 Å². The van der Waals surface area contributed by atoms with Gasteiger partial charge in [-0.1, -0.05) is 72.8 Å². The van der Waals surface area contributed by atoms with Crippen molar-refractivity contribution < 1.29 is 5.11 Å². The van der Waals surface area contributed by atoms with Crippen LogP contribution in [0.5, 0.6) is 0 Å². The van der Waals surface area contributed by atoms with E-state index in [1.165, 1.54) is 10.8 Å². The molecule has 0 unspecified atom stereocenters. The largest absolute Gasteiger partial charge is 0.392 e. The average molecular weight is 260 g/mol. The molecule has 3 aromatic rings. The molecule has 3 aromatic carbocycles. The van der Waals surface area contributed by atoms with Crippen LogP contribution in [-0.2, 0) is 6.61 Å². The molecule has 1 N–H and O–H groups in total. The van der Waals surface area contributed by atoms with Crippen molar-refractivity contribution in [1.29, 1.82) is 0 Å². The van der Waals surface area contributed by atoms with Crippen LogP contribution in [0.3, 0.4) is 0 Å². The Morgan fingerprint density at radius 2 is 1.50 bits per heavy atom. The summed E-state index contributed by atoms with van der Waals surface area (Å²) in [6.45, 7) is 0.0677. The Morgan fingerprint density at radius 1 is 0.750 bits per heavy atom. The van der Waals surface area contributed by atoms with Gasteiger partial charge in [-0.15, -0.1) is 0 Å². The molecule has 0 amide bonds.